The highest BCUT2D eigenvalue weighted by Crippen LogP contribution is 2.45. The summed E-state index contributed by atoms with van der Waals surface area (Å²) in [6.45, 7) is 3.96. The Labute approximate surface area is 258 Å². The van der Waals surface area contributed by atoms with E-state index in [2.05, 4.69) is 5.32 Å². The van der Waals surface area contributed by atoms with Crippen LogP contribution in [0.2, 0.25) is 0 Å². The first kappa shape index (κ1) is 32.7. The summed E-state index contributed by atoms with van der Waals surface area (Å²) in [4.78, 5) is 53.3. The monoisotopic (exact) mass is 614 g/mol. The van der Waals surface area contributed by atoms with Crippen LogP contribution in [-0.2, 0) is 28.6 Å². The maximum atomic E-state index is 13.7. The minimum Gasteiger partial charge on any atom is -0.461 e. The SMILES string of the molecule is CC[C@@H](C=CCCC(=O)C[C@@H]1CC[C@@H]2C(C(=O)OCC=Cc3ccccc3)[C@]3(CCC[C@@H](C)O3)NC(=O)N12)OC(=O)CCl. The van der Waals surface area contributed by atoms with E-state index < -0.39 is 29.6 Å². The van der Waals surface area contributed by atoms with E-state index in [1.54, 1.807) is 17.1 Å². The summed E-state index contributed by atoms with van der Waals surface area (Å²) in [5, 5.41) is 3.05. The van der Waals surface area contributed by atoms with Gasteiger partial charge in [0.15, 0.2) is 5.72 Å². The second-order valence-electron chi connectivity index (χ2n) is 11.5. The van der Waals surface area contributed by atoms with Gasteiger partial charge in [0.1, 0.15) is 30.3 Å². The van der Waals surface area contributed by atoms with Crippen molar-refractivity contribution in [3.8, 4) is 0 Å². The average molecular weight is 615 g/mol. The number of rotatable bonds is 13. The molecule has 1 N–H and O–H groups in total. The van der Waals surface area contributed by atoms with Gasteiger partial charge < -0.3 is 24.4 Å². The molecule has 1 aromatic rings. The first-order valence-electron chi connectivity index (χ1n) is 15.4. The molecule has 3 heterocycles. The number of amides is 2. The van der Waals surface area contributed by atoms with E-state index in [1.165, 1.54) is 0 Å². The lowest BCUT2D eigenvalue weighted by Crippen LogP contribution is -2.72. The average Bonchev–Trinajstić information content (AvgIpc) is 3.40. The number of nitrogens with one attached hydrogen (secondary N) is 1. The van der Waals surface area contributed by atoms with E-state index in [0.29, 0.717) is 38.5 Å². The Morgan fingerprint density at radius 2 is 1.98 bits per heavy atom. The summed E-state index contributed by atoms with van der Waals surface area (Å²) in [5.74, 6) is -1.76. The van der Waals surface area contributed by atoms with Gasteiger partial charge in [-0.15, -0.1) is 11.6 Å². The molecule has 1 unspecified atom stereocenters. The Bertz CT molecular complexity index is 1190. The van der Waals surface area contributed by atoms with Crippen LogP contribution in [0.3, 0.4) is 0 Å². The second-order valence-corrected chi connectivity index (χ2v) is 11.8. The molecule has 0 aliphatic carbocycles. The summed E-state index contributed by atoms with van der Waals surface area (Å²) in [6.07, 6.45) is 11.9. The number of esters is 2. The number of urea groups is 1. The largest absolute Gasteiger partial charge is 0.461 e. The fourth-order valence-electron chi connectivity index (χ4n) is 6.47. The van der Waals surface area contributed by atoms with Gasteiger partial charge in [0.05, 0.1) is 12.1 Å². The molecule has 2 amide bonds. The predicted octanol–water partition coefficient (Wildman–Crippen LogP) is 5.56. The van der Waals surface area contributed by atoms with Gasteiger partial charge in [-0.3, -0.25) is 14.4 Å². The number of nitrogens with zero attached hydrogens (tertiary/aromatic N) is 1. The minimum absolute atomic E-state index is 0.0295. The Morgan fingerprint density at radius 3 is 2.70 bits per heavy atom. The molecule has 4 rings (SSSR count). The highest BCUT2D eigenvalue weighted by molar-refractivity contribution is 6.26. The number of carbonyl (C=O) groups excluding carboxylic acids is 4. The smallest absolute Gasteiger partial charge is 0.321 e. The van der Waals surface area contributed by atoms with E-state index in [4.69, 9.17) is 25.8 Å². The molecule has 1 spiro atoms. The van der Waals surface area contributed by atoms with E-state index in [0.717, 1.165) is 18.4 Å². The van der Waals surface area contributed by atoms with Gasteiger partial charge in [0.25, 0.3) is 0 Å². The molecule has 3 saturated heterocycles. The summed E-state index contributed by atoms with van der Waals surface area (Å²) in [7, 11) is 0. The van der Waals surface area contributed by atoms with E-state index >= 15 is 0 Å². The number of allylic oxidation sites excluding steroid dienone is 1. The van der Waals surface area contributed by atoms with Crippen LogP contribution in [0, 0.1) is 5.92 Å². The van der Waals surface area contributed by atoms with Gasteiger partial charge >= 0.3 is 18.0 Å². The van der Waals surface area contributed by atoms with Gasteiger partial charge in [-0.25, -0.2) is 4.79 Å². The van der Waals surface area contributed by atoms with E-state index in [1.807, 2.05) is 56.3 Å². The van der Waals surface area contributed by atoms with Crippen LogP contribution in [0.4, 0.5) is 4.79 Å². The number of carbonyl (C=O) groups is 4. The van der Waals surface area contributed by atoms with Crippen LogP contribution in [0.15, 0.2) is 48.6 Å². The van der Waals surface area contributed by atoms with Crippen molar-refractivity contribution < 1.29 is 33.4 Å². The Balaban J connectivity index is 1.39. The molecule has 0 aromatic heterocycles. The second kappa shape index (κ2) is 15.5. The van der Waals surface area contributed by atoms with Gasteiger partial charge in [-0.05, 0) is 69.6 Å². The summed E-state index contributed by atoms with van der Waals surface area (Å²) in [5.41, 5.74) is -0.114. The first-order chi connectivity index (χ1) is 20.8. The quantitative estimate of drug-likeness (QED) is 0.176. The van der Waals surface area contributed by atoms with Crippen LogP contribution in [-0.4, -0.2) is 71.2 Å². The molecule has 3 fully saturated rings. The maximum absolute atomic E-state index is 13.7. The van der Waals surface area contributed by atoms with Crippen molar-refractivity contribution in [3.63, 3.8) is 0 Å². The van der Waals surface area contributed by atoms with Gasteiger partial charge in [0.2, 0.25) is 0 Å². The number of ketones is 1. The molecule has 10 heteroatoms. The number of fused-ring (bicyclic) bond motifs is 1. The van der Waals surface area contributed by atoms with Gasteiger partial charge in [-0.1, -0.05) is 49.4 Å². The molecule has 0 bridgehead atoms. The third-order valence-corrected chi connectivity index (χ3v) is 8.66. The summed E-state index contributed by atoms with van der Waals surface area (Å²) >= 11 is 5.51. The third kappa shape index (κ3) is 8.48. The summed E-state index contributed by atoms with van der Waals surface area (Å²) < 4.78 is 17.3. The fraction of sp³-hybridized carbons (Fsp3) is 0.576. The van der Waals surface area contributed by atoms with Crippen molar-refractivity contribution in [2.75, 3.05) is 12.5 Å². The van der Waals surface area contributed by atoms with Gasteiger partial charge in [-0.2, -0.15) is 0 Å². The van der Waals surface area contributed by atoms with Crippen LogP contribution >= 0.6 is 11.6 Å². The molecule has 3 aliphatic heterocycles. The zero-order chi connectivity index (χ0) is 30.8. The molecule has 0 radical (unpaired) electrons. The van der Waals surface area contributed by atoms with Gasteiger partial charge in [0, 0.05) is 18.9 Å². The Morgan fingerprint density at radius 1 is 1.19 bits per heavy atom. The first-order valence-corrected chi connectivity index (χ1v) is 15.9. The topological polar surface area (TPSA) is 111 Å². The number of ether oxygens (including phenoxy) is 3. The van der Waals surface area contributed by atoms with E-state index in [9.17, 15) is 19.2 Å². The molecule has 6 atom stereocenters. The number of benzene rings is 1. The number of Topliss-reactive ketones (excluding diaryl/α,β-unsaturated/α-hetero) is 1. The fourth-order valence-corrected chi connectivity index (χ4v) is 6.54. The van der Waals surface area contributed by atoms with Crippen LogP contribution in [0.1, 0.15) is 77.2 Å². The zero-order valence-electron chi connectivity index (χ0n) is 25.0. The number of hydrogen-bond acceptors (Lipinski definition) is 7. The lowest BCUT2D eigenvalue weighted by Gasteiger charge is -2.52. The van der Waals surface area contributed by atoms with Crippen LogP contribution in [0.5, 0.6) is 0 Å². The zero-order valence-corrected chi connectivity index (χ0v) is 25.8. The lowest BCUT2D eigenvalue weighted by atomic mass is 9.80. The molecule has 9 nitrogen and oxygen atoms in total. The van der Waals surface area contributed by atoms with Crippen molar-refractivity contribution >= 4 is 41.4 Å². The van der Waals surface area contributed by atoms with E-state index in [-0.39, 0.29) is 49.0 Å². The van der Waals surface area contributed by atoms with Crippen molar-refractivity contribution in [3.05, 3.63) is 54.1 Å². The molecule has 43 heavy (non-hydrogen) atoms. The summed E-state index contributed by atoms with van der Waals surface area (Å²) in [6, 6.07) is 8.75. The number of hydrogen-bond donors (Lipinski definition) is 1. The normalized spacial score (nSPS) is 27.7. The lowest BCUT2D eigenvalue weighted by molar-refractivity contribution is -0.203. The maximum Gasteiger partial charge on any atom is 0.321 e. The van der Waals surface area contributed by atoms with Crippen molar-refractivity contribution in [2.45, 2.75) is 102 Å². The Hall–Kier alpha value is -3.17. The predicted molar refractivity (Wildman–Crippen MR) is 163 cm³/mol. The molecule has 3 aliphatic rings. The standard InChI is InChI=1S/C33H43ClN2O7/c1-3-27(42-29(38)22-34)16-8-7-15-26(37)21-25-17-18-28-30(31(39)41-20-10-14-24-12-5-4-6-13-24)33(35-32(40)36(25)28)19-9-11-23(2)43-33/h4-6,8,10,12-14,16,23,25,27-28,30H,3,7,9,11,15,17-22H2,1-2H3,(H,35,40)/t23-,25+,27+,28-,30?,33-/m1/s1. The van der Waals surface area contributed by atoms with Crippen molar-refractivity contribution in [2.24, 2.45) is 5.92 Å². The number of halogens is 1. The molecule has 0 saturated carbocycles. The number of alkyl halides is 1. The molecular weight excluding hydrogens is 572 g/mol. The molecule has 234 valence electrons. The van der Waals surface area contributed by atoms with Crippen molar-refractivity contribution in [1.82, 2.24) is 10.2 Å². The highest BCUT2D eigenvalue weighted by atomic mass is 35.5. The Kier molecular flexibility index (Phi) is 11.8. The molecule has 1 aromatic carbocycles. The van der Waals surface area contributed by atoms with Crippen LogP contribution in [0.25, 0.3) is 6.08 Å². The third-order valence-electron chi connectivity index (χ3n) is 8.44. The highest BCUT2D eigenvalue weighted by Gasteiger charge is 2.60. The molecular formula is C33H43ClN2O7. The van der Waals surface area contributed by atoms with Crippen molar-refractivity contribution in [1.29, 1.82) is 0 Å². The van der Waals surface area contributed by atoms with Crippen LogP contribution < -0.4 is 5.32 Å². The minimum atomic E-state index is -1.12.